The molecule has 1 saturated heterocycles. The molecule has 4 heteroatoms. The number of nitrogens with two attached hydrogens (primary N) is 1. The van der Waals surface area contributed by atoms with Crippen molar-refractivity contribution in [1.82, 2.24) is 0 Å². The van der Waals surface area contributed by atoms with Gasteiger partial charge in [-0.3, -0.25) is 0 Å². The van der Waals surface area contributed by atoms with Gasteiger partial charge >= 0.3 is 0 Å². The molecule has 0 aliphatic carbocycles. The predicted octanol–water partition coefficient (Wildman–Crippen LogP) is 3.28. The molecule has 0 saturated carbocycles. The van der Waals surface area contributed by atoms with Gasteiger partial charge in [0, 0.05) is 24.8 Å². The van der Waals surface area contributed by atoms with Gasteiger partial charge in [-0.15, -0.1) is 0 Å². The van der Waals surface area contributed by atoms with Crippen molar-refractivity contribution in [3.8, 4) is 0 Å². The summed E-state index contributed by atoms with van der Waals surface area (Å²) >= 11 is 1.74. The molecule has 0 spiro atoms. The van der Waals surface area contributed by atoms with Crippen LogP contribution in [0.3, 0.4) is 0 Å². The third kappa shape index (κ3) is 3.19. The fourth-order valence-electron chi connectivity index (χ4n) is 3.00. The summed E-state index contributed by atoms with van der Waals surface area (Å²) in [6.07, 6.45) is 2.14. The summed E-state index contributed by atoms with van der Waals surface area (Å²) in [6.45, 7) is 1.85. The Kier molecular flexibility index (Phi) is 4.03. The first-order valence-corrected chi connectivity index (χ1v) is 7.92. The SMILES string of the molecule is NC1CC(Cc2ccsc2)CN(c2ccc(F)cc2)C1. The van der Waals surface area contributed by atoms with E-state index >= 15 is 0 Å². The van der Waals surface area contributed by atoms with E-state index in [4.69, 9.17) is 5.73 Å². The number of rotatable bonds is 3. The molecule has 2 unspecified atom stereocenters. The van der Waals surface area contributed by atoms with E-state index in [1.807, 2.05) is 12.1 Å². The first kappa shape index (κ1) is 13.6. The minimum atomic E-state index is -0.190. The van der Waals surface area contributed by atoms with Crippen molar-refractivity contribution in [2.75, 3.05) is 18.0 Å². The Labute approximate surface area is 123 Å². The highest BCUT2D eigenvalue weighted by molar-refractivity contribution is 7.07. The molecule has 20 heavy (non-hydrogen) atoms. The molecule has 0 radical (unpaired) electrons. The molecule has 1 aliphatic rings. The van der Waals surface area contributed by atoms with Crippen LogP contribution in [0.2, 0.25) is 0 Å². The van der Waals surface area contributed by atoms with Crippen molar-refractivity contribution in [3.05, 3.63) is 52.5 Å². The average Bonchev–Trinajstić information content (AvgIpc) is 2.91. The van der Waals surface area contributed by atoms with E-state index in [9.17, 15) is 4.39 Å². The van der Waals surface area contributed by atoms with Crippen molar-refractivity contribution in [3.63, 3.8) is 0 Å². The molecule has 2 aromatic rings. The monoisotopic (exact) mass is 290 g/mol. The van der Waals surface area contributed by atoms with Gasteiger partial charge in [0.15, 0.2) is 0 Å². The number of hydrogen-bond donors (Lipinski definition) is 1. The van der Waals surface area contributed by atoms with Gasteiger partial charge in [-0.25, -0.2) is 4.39 Å². The largest absolute Gasteiger partial charge is 0.370 e. The van der Waals surface area contributed by atoms with Gasteiger partial charge in [0.25, 0.3) is 0 Å². The predicted molar refractivity (Wildman–Crippen MR) is 82.7 cm³/mol. The summed E-state index contributed by atoms with van der Waals surface area (Å²) in [5.41, 5.74) is 8.66. The quantitative estimate of drug-likeness (QED) is 0.940. The van der Waals surface area contributed by atoms with E-state index in [0.29, 0.717) is 5.92 Å². The lowest BCUT2D eigenvalue weighted by Crippen LogP contribution is -2.47. The molecule has 1 aromatic carbocycles. The molecule has 0 bridgehead atoms. The molecule has 1 aromatic heterocycles. The Morgan fingerprint density at radius 3 is 2.70 bits per heavy atom. The Morgan fingerprint density at radius 1 is 1.20 bits per heavy atom. The zero-order chi connectivity index (χ0) is 13.9. The molecule has 2 N–H and O–H groups in total. The molecule has 106 valence electrons. The maximum absolute atomic E-state index is 13.0. The Hall–Kier alpha value is -1.39. The van der Waals surface area contributed by atoms with Crippen LogP contribution in [-0.4, -0.2) is 19.1 Å². The van der Waals surface area contributed by atoms with Gasteiger partial charge in [-0.1, -0.05) is 0 Å². The number of anilines is 1. The maximum atomic E-state index is 13.0. The van der Waals surface area contributed by atoms with Crippen LogP contribution in [0, 0.1) is 11.7 Å². The number of thiophene rings is 1. The maximum Gasteiger partial charge on any atom is 0.123 e. The Bertz CT molecular complexity index is 538. The van der Waals surface area contributed by atoms with Crippen molar-refractivity contribution < 1.29 is 4.39 Å². The van der Waals surface area contributed by atoms with Crippen molar-refractivity contribution in [2.45, 2.75) is 18.9 Å². The third-order valence-electron chi connectivity index (χ3n) is 3.87. The number of hydrogen-bond acceptors (Lipinski definition) is 3. The van der Waals surface area contributed by atoms with Crippen molar-refractivity contribution >= 4 is 17.0 Å². The molecule has 3 rings (SSSR count). The summed E-state index contributed by atoms with van der Waals surface area (Å²) < 4.78 is 13.0. The topological polar surface area (TPSA) is 29.3 Å². The second kappa shape index (κ2) is 5.94. The highest BCUT2D eigenvalue weighted by Gasteiger charge is 2.25. The van der Waals surface area contributed by atoms with E-state index < -0.39 is 0 Å². The molecule has 2 atom stereocenters. The summed E-state index contributed by atoms with van der Waals surface area (Å²) in [7, 11) is 0. The average molecular weight is 290 g/mol. The number of halogens is 1. The summed E-state index contributed by atoms with van der Waals surface area (Å²) in [4.78, 5) is 2.28. The zero-order valence-electron chi connectivity index (χ0n) is 11.3. The van der Waals surface area contributed by atoms with Gasteiger partial charge in [0.1, 0.15) is 5.82 Å². The molecule has 1 fully saturated rings. The van der Waals surface area contributed by atoms with E-state index in [1.54, 1.807) is 11.3 Å². The smallest absolute Gasteiger partial charge is 0.123 e. The van der Waals surface area contributed by atoms with Gasteiger partial charge in [-0.2, -0.15) is 11.3 Å². The first-order valence-electron chi connectivity index (χ1n) is 6.98. The molecular weight excluding hydrogens is 271 g/mol. The van der Waals surface area contributed by atoms with E-state index in [-0.39, 0.29) is 11.9 Å². The molecule has 2 heterocycles. The highest BCUT2D eigenvalue weighted by atomic mass is 32.1. The number of piperidine rings is 1. The fourth-order valence-corrected chi connectivity index (χ4v) is 3.68. The molecule has 1 aliphatic heterocycles. The Morgan fingerprint density at radius 2 is 2.00 bits per heavy atom. The van der Waals surface area contributed by atoms with Crippen LogP contribution < -0.4 is 10.6 Å². The van der Waals surface area contributed by atoms with Crippen LogP contribution >= 0.6 is 11.3 Å². The van der Waals surface area contributed by atoms with Crippen LogP contribution in [0.25, 0.3) is 0 Å². The Balaban J connectivity index is 1.71. The van der Waals surface area contributed by atoms with E-state index in [0.717, 1.165) is 31.6 Å². The van der Waals surface area contributed by atoms with Gasteiger partial charge < -0.3 is 10.6 Å². The van der Waals surface area contributed by atoms with Crippen LogP contribution in [0.1, 0.15) is 12.0 Å². The van der Waals surface area contributed by atoms with Crippen LogP contribution in [-0.2, 0) is 6.42 Å². The fraction of sp³-hybridized carbons (Fsp3) is 0.375. The standard InChI is InChI=1S/C16H19FN2S/c17-14-1-3-16(4-2-14)19-9-13(8-15(18)10-19)7-12-5-6-20-11-12/h1-6,11,13,15H,7-10,18H2. The van der Waals surface area contributed by atoms with Gasteiger partial charge in [0.2, 0.25) is 0 Å². The molecule has 2 nitrogen and oxygen atoms in total. The van der Waals surface area contributed by atoms with Gasteiger partial charge in [0.05, 0.1) is 0 Å². The molecule has 0 amide bonds. The minimum absolute atomic E-state index is 0.190. The lowest BCUT2D eigenvalue weighted by molar-refractivity contribution is 0.375. The minimum Gasteiger partial charge on any atom is -0.370 e. The summed E-state index contributed by atoms with van der Waals surface area (Å²) in [6, 6.07) is 9.10. The van der Waals surface area contributed by atoms with Crippen LogP contribution in [0.15, 0.2) is 41.1 Å². The first-order chi connectivity index (χ1) is 9.70. The number of nitrogens with zero attached hydrogens (tertiary/aromatic N) is 1. The third-order valence-corrected chi connectivity index (χ3v) is 4.60. The van der Waals surface area contributed by atoms with E-state index in [2.05, 4.69) is 21.7 Å². The summed E-state index contributed by atoms with van der Waals surface area (Å²) in [5, 5.41) is 4.33. The second-order valence-corrected chi connectivity index (χ2v) is 6.36. The summed E-state index contributed by atoms with van der Waals surface area (Å²) in [5.74, 6) is 0.378. The van der Waals surface area contributed by atoms with Crippen molar-refractivity contribution in [1.29, 1.82) is 0 Å². The van der Waals surface area contributed by atoms with Crippen LogP contribution in [0.4, 0.5) is 10.1 Å². The number of benzene rings is 1. The normalized spacial score (nSPS) is 23.0. The van der Waals surface area contributed by atoms with Crippen molar-refractivity contribution in [2.24, 2.45) is 11.7 Å². The van der Waals surface area contributed by atoms with Gasteiger partial charge in [-0.05, 0) is 65.4 Å². The lowest BCUT2D eigenvalue weighted by atomic mass is 9.89. The second-order valence-electron chi connectivity index (χ2n) is 5.58. The zero-order valence-corrected chi connectivity index (χ0v) is 12.2. The lowest BCUT2D eigenvalue weighted by Gasteiger charge is -2.38. The molecular formula is C16H19FN2S. The highest BCUT2D eigenvalue weighted by Crippen LogP contribution is 2.25. The van der Waals surface area contributed by atoms with Crippen LogP contribution in [0.5, 0.6) is 0 Å². The van der Waals surface area contributed by atoms with E-state index in [1.165, 1.54) is 17.7 Å².